The van der Waals surface area contributed by atoms with Crippen LogP contribution in [0.2, 0.25) is 0 Å². The van der Waals surface area contributed by atoms with Crippen molar-refractivity contribution in [2.75, 3.05) is 0 Å². The fourth-order valence-corrected chi connectivity index (χ4v) is 1.90. The minimum atomic E-state index is 0.773. The second-order valence-corrected chi connectivity index (χ2v) is 3.85. The van der Waals surface area contributed by atoms with Crippen molar-refractivity contribution in [1.29, 1.82) is 0 Å². The molecule has 0 unspecified atom stereocenters. The van der Waals surface area contributed by atoms with Gasteiger partial charge in [0.05, 0.1) is 0 Å². The van der Waals surface area contributed by atoms with Gasteiger partial charge in [0.1, 0.15) is 11.3 Å². The Morgan fingerprint density at radius 2 is 2.00 bits per heavy atom. The number of thiazole rings is 1. The molecular weight excluding hydrogens is 206 g/mol. The van der Waals surface area contributed by atoms with Crippen molar-refractivity contribution in [3.8, 4) is 10.6 Å². The summed E-state index contributed by atoms with van der Waals surface area (Å²) in [4.78, 5) is 14.4. The first-order valence-electron chi connectivity index (χ1n) is 4.52. The fraction of sp³-hybridized carbons (Fsp3) is 0. The average molecular weight is 215 g/mol. The van der Waals surface area contributed by atoms with E-state index in [9.17, 15) is 4.79 Å². The van der Waals surface area contributed by atoms with Gasteiger partial charge in [-0.2, -0.15) is 0 Å². The van der Waals surface area contributed by atoms with Gasteiger partial charge in [0.25, 0.3) is 0 Å². The lowest BCUT2D eigenvalue weighted by atomic mass is 10.1. The van der Waals surface area contributed by atoms with Crippen LogP contribution in [0, 0.1) is 0 Å². The quantitative estimate of drug-likeness (QED) is 0.582. The molecule has 0 aliphatic rings. The van der Waals surface area contributed by atoms with E-state index in [0.29, 0.717) is 0 Å². The second-order valence-electron chi connectivity index (χ2n) is 2.95. The number of nitrogens with zero attached hydrogens (tertiary/aromatic N) is 1. The molecule has 0 bridgehead atoms. The average Bonchev–Trinajstić information content (AvgIpc) is 2.80. The number of benzene rings is 1. The molecule has 15 heavy (non-hydrogen) atoms. The highest BCUT2D eigenvalue weighted by molar-refractivity contribution is 7.13. The third-order valence-electron chi connectivity index (χ3n) is 1.96. The van der Waals surface area contributed by atoms with Crippen LogP contribution in [0.4, 0.5) is 0 Å². The van der Waals surface area contributed by atoms with E-state index >= 15 is 0 Å². The Bertz CT molecular complexity index is 457. The summed E-state index contributed by atoms with van der Waals surface area (Å²) in [6.07, 6.45) is 5.83. The minimum Gasteiger partial charge on any atom is -0.299 e. The van der Waals surface area contributed by atoms with Crippen molar-refractivity contribution in [2.24, 2.45) is 0 Å². The normalized spacial score (nSPS) is 10.7. The van der Waals surface area contributed by atoms with Gasteiger partial charge in [-0.15, -0.1) is 11.3 Å². The molecule has 0 amide bonds. The maximum Gasteiger partial charge on any atom is 0.142 e. The van der Waals surface area contributed by atoms with E-state index in [0.717, 1.165) is 22.4 Å². The van der Waals surface area contributed by atoms with Gasteiger partial charge in [-0.25, -0.2) is 4.98 Å². The summed E-state index contributed by atoms with van der Waals surface area (Å²) >= 11 is 1.61. The monoisotopic (exact) mass is 215 g/mol. The van der Waals surface area contributed by atoms with E-state index < -0.39 is 0 Å². The molecule has 2 rings (SSSR count). The molecule has 2 nitrogen and oxygen atoms in total. The molecule has 0 fully saturated rings. The molecule has 0 aliphatic carbocycles. The van der Waals surface area contributed by atoms with E-state index in [1.807, 2.05) is 29.6 Å². The molecule has 0 aliphatic heterocycles. The van der Waals surface area contributed by atoms with Crippen molar-refractivity contribution in [3.63, 3.8) is 0 Å². The third-order valence-corrected chi connectivity index (χ3v) is 2.78. The number of hydrogen-bond donors (Lipinski definition) is 0. The van der Waals surface area contributed by atoms with E-state index in [1.54, 1.807) is 23.6 Å². The maximum atomic E-state index is 10.1. The van der Waals surface area contributed by atoms with Crippen LogP contribution in [0.1, 0.15) is 5.56 Å². The van der Waals surface area contributed by atoms with Crippen molar-refractivity contribution in [1.82, 2.24) is 4.98 Å². The van der Waals surface area contributed by atoms with Crippen molar-refractivity contribution < 1.29 is 4.79 Å². The summed E-state index contributed by atoms with van der Waals surface area (Å²) in [5, 5.41) is 2.97. The smallest absolute Gasteiger partial charge is 0.142 e. The van der Waals surface area contributed by atoms with Crippen LogP contribution in [0.25, 0.3) is 16.6 Å². The molecule has 1 heterocycles. The molecular formula is C12H9NOS. The number of rotatable bonds is 3. The zero-order valence-electron chi connectivity index (χ0n) is 7.96. The number of aldehydes is 1. The highest BCUT2D eigenvalue weighted by Gasteiger charge is 1.98. The first-order valence-corrected chi connectivity index (χ1v) is 5.40. The van der Waals surface area contributed by atoms with Gasteiger partial charge in [0.2, 0.25) is 0 Å². The number of hydrogen-bond acceptors (Lipinski definition) is 3. The fourth-order valence-electron chi connectivity index (χ4n) is 1.25. The Morgan fingerprint density at radius 3 is 2.60 bits per heavy atom. The topological polar surface area (TPSA) is 30.0 Å². The Kier molecular flexibility index (Phi) is 3.05. The van der Waals surface area contributed by atoms with Gasteiger partial charge in [-0.05, 0) is 11.6 Å². The van der Waals surface area contributed by atoms with Crippen LogP contribution in [-0.2, 0) is 4.79 Å². The Morgan fingerprint density at radius 1 is 1.20 bits per heavy atom. The SMILES string of the molecule is O=C/C=C/c1ccc(-c2nccs2)cc1. The van der Waals surface area contributed by atoms with E-state index in [1.165, 1.54) is 6.08 Å². The molecule has 2 aromatic rings. The molecule has 1 aromatic heterocycles. The summed E-state index contributed by atoms with van der Waals surface area (Å²) in [6, 6.07) is 7.94. The summed E-state index contributed by atoms with van der Waals surface area (Å²) in [6.45, 7) is 0. The Labute approximate surface area is 91.9 Å². The van der Waals surface area contributed by atoms with Crippen LogP contribution in [-0.4, -0.2) is 11.3 Å². The first-order chi connectivity index (χ1) is 7.40. The van der Waals surface area contributed by atoms with E-state index in [4.69, 9.17) is 0 Å². The van der Waals surface area contributed by atoms with Crippen LogP contribution >= 0.6 is 11.3 Å². The minimum absolute atomic E-state index is 0.773. The Hall–Kier alpha value is -1.74. The highest BCUT2D eigenvalue weighted by atomic mass is 32.1. The summed E-state index contributed by atoms with van der Waals surface area (Å²) in [5.41, 5.74) is 2.12. The predicted molar refractivity (Wildman–Crippen MR) is 62.6 cm³/mol. The van der Waals surface area contributed by atoms with Crippen LogP contribution in [0.15, 0.2) is 41.9 Å². The van der Waals surface area contributed by atoms with Crippen molar-refractivity contribution >= 4 is 23.7 Å². The molecule has 1 aromatic carbocycles. The van der Waals surface area contributed by atoms with E-state index in [2.05, 4.69) is 4.98 Å². The summed E-state index contributed by atoms with van der Waals surface area (Å²) < 4.78 is 0. The number of aromatic nitrogens is 1. The number of allylic oxidation sites excluding steroid dienone is 1. The summed E-state index contributed by atoms with van der Waals surface area (Å²) in [5.74, 6) is 0. The lowest BCUT2D eigenvalue weighted by molar-refractivity contribution is -0.104. The van der Waals surface area contributed by atoms with Gasteiger partial charge in [0.15, 0.2) is 0 Å². The van der Waals surface area contributed by atoms with Crippen molar-refractivity contribution in [3.05, 3.63) is 47.5 Å². The molecule has 0 N–H and O–H groups in total. The van der Waals surface area contributed by atoms with Gasteiger partial charge in [0, 0.05) is 17.1 Å². The number of carbonyl (C=O) groups is 1. The molecule has 74 valence electrons. The largest absolute Gasteiger partial charge is 0.299 e. The van der Waals surface area contributed by atoms with Gasteiger partial charge in [-0.1, -0.05) is 30.3 Å². The lowest BCUT2D eigenvalue weighted by Crippen LogP contribution is -1.76. The van der Waals surface area contributed by atoms with Gasteiger partial charge >= 0.3 is 0 Å². The highest BCUT2D eigenvalue weighted by Crippen LogP contribution is 2.21. The summed E-state index contributed by atoms with van der Waals surface area (Å²) in [7, 11) is 0. The second kappa shape index (κ2) is 4.66. The first kappa shape index (κ1) is 9.80. The molecule has 3 heteroatoms. The van der Waals surface area contributed by atoms with Gasteiger partial charge < -0.3 is 0 Å². The zero-order chi connectivity index (χ0) is 10.5. The van der Waals surface area contributed by atoms with Gasteiger partial charge in [-0.3, -0.25) is 4.79 Å². The van der Waals surface area contributed by atoms with Crippen LogP contribution < -0.4 is 0 Å². The van der Waals surface area contributed by atoms with E-state index in [-0.39, 0.29) is 0 Å². The van der Waals surface area contributed by atoms with Crippen molar-refractivity contribution in [2.45, 2.75) is 0 Å². The van der Waals surface area contributed by atoms with Crippen LogP contribution in [0.5, 0.6) is 0 Å². The predicted octanol–water partition coefficient (Wildman–Crippen LogP) is 3.02. The Balaban J connectivity index is 2.24. The standard InChI is InChI=1S/C12H9NOS/c14-8-1-2-10-3-5-11(6-4-10)12-13-7-9-15-12/h1-9H/b2-1+. The molecule has 0 spiro atoms. The third kappa shape index (κ3) is 2.39. The molecule has 0 saturated carbocycles. The lowest BCUT2D eigenvalue weighted by Gasteiger charge is -1.96. The van der Waals surface area contributed by atoms with Crippen LogP contribution in [0.3, 0.4) is 0 Å². The number of carbonyl (C=O) groups excluding carboxylic acids is 1. The molecule has 0 saturated heterocycles. The maximum absolute atomic E-state index is 10.1. The molecule has 0 atom stereocenters. The molecule has 0 radical (unpaired) electrons. The zero-order valence-corrected chi connectivity index (χ0v) is 8.78.